The molecule has 0 radical (unpaired) electrons. The van der Waals surface area contributed by atoms with Crippen LogP contribution in [-0.2, 0) is 11.2 Å². The van der Waals surface area contributed by atoms with Crippen molar-refractivity contribution in [3.05, 3.63) is 53.5 Å². The minimum atomic E-state index is -0.182. The molecule has 0 aliphatic carbocycles. The third-order valence-corrected chi connectivity index (χ3v) is 5.05. The van der Waals surface area contributed by atoms with Gasteiger partial charge in [-0.05, 0) is 43.9 Å². The van der Waals surface area contributed by atoms with Crippen molar-refractivity contribution in [1.82, 2.24) is 10.2 Å². The van der Waals surface area contributed by atoms with Gasteiger partial charge >= 0.3 is 0 Å². The molecule has 0 spiro atoms. The first kappa shape index (κ1) is 19.0. The zero-order chi connectivity index (χ0) is 19.2. The van der Waals surface area contributed by atoms with Crippen molar-refractivity contribution < 1.29 is 18.7 Å². The van der Waals surface area contributed by atoms with Gasteiger partial charge in [-0.25, -0.2) is 0 Å². The summed E-state index contributed by atoms with van der Waals surface area (Å²) in [4.78, 5) is 26.6. The average molecular weight is 370 g/mol. The van der Waals surface area contributed by atoms with E-state index in [0.29, 0.717) is 31.7 Å². The van der Waals surface area contributed by atoms with Gasteiger partial charge in [0.05, 0.1) is 13.4 Å². The summed E-state index contributed by atoms with van der Waals surface area (Å²) in [6.07, 6.45) is 4.16. The highest BCUT2D eigenvalue weighted by atomic mass is 16.5. The molecule has 2 amide bonds. The zero-order valence-electron chi connectivity index (χ0n) is 15.9. The molecule has 2 aromatic rings. The minimum absolute atomic E-state index is 0.0697. The lowest BCUT2D eigenvalue weighted by molar-refractivity contribution is -0.132. The molecule has 0 bridgehead atoms. The smallest absolute Gasteiger partial charge is 0.287 e. The van der Waals surface area contributed by atoms with Gasteiger partial charge in [0.2, 0.25) is 5.91 Å². The highest BCUT2D eigenvalue weighted by Crippen LogP contribution is 2.20. The quantitative estimate of drug-likeness (QED) is 0.849. The fourth-order valence-electron chi connectivity index (χ4n) is 3.44. The van der Waals surface area contributed by atoms with Crippen molar-refractivity contribution in [2.75, 3.05) is 20.2 Å². The zero-order valence-corrected chi connectivity index (χ0v) is 15.9. The Balaban J connectivity index is 1.45. The molecule has 6 heteroatoms. The van der Waals surface area contributed by atoms with Crippen LogP contribution in [0.5, 0.6) is 5.75 Å². The summed E-state index contributed by atoms with van der Waals surface area (Å²) in [6.45, 7) is 3.17. The van der Waals surface area contributed by atoms with E-state index in [2.05, 4.69) is 5.32 Å². The van der Waals surface area contributed by atoms with Crippen LogP contribution in [0.15, 0.2) is 41.0 Å². The lowest BCUT2D eigenvalue weighted by Crippen LogP contribution is -2.46. The van der Waals surface area contributed by atoms with Crippen LogP contribution in [-0.4, -0.2) is 43.0 Å². The Hall–Kier alpha value is -2.76. The first-order valence-electron chi connectivity index (χ1n) is 9.33. The lowest BCUT2D eigenvalue weighted by Gasteiger charge is -2.32. The molecule has 0 unspecified atom stereocenters. The SMILES string of the molecule is COc1ccccc1CCC(=O)N1CCC(NC(=O)c2occc2C)CC1. The van der Waals surface area contributed by atoms with Crippen molar-refractivity contribution in [2.45, 2.75) is 38.6 Å². The fraction of sp³-hybridized carbons (Fsp3) is 0.429. The number of nitrogens with zero attached hydrogens (tertiary/aromatic N) is 1. The van der Waals surface area contributed by atoms with Gasteiger partial charge in [0.1, 0.15) is 5.75 Å². The summed E-state index contributed by atoms with van der Waals surface area (Å²) < 4.78 is 10.6. The van der Waals surface area contributed by atoms with Crippen LogP contribution < -0.4 is 10.1 Å². The number of furan rings is 1. The van der Waals surface area contributed by atoms with Crippen molar-refractivity contribution >= 4 is 11.8 Å². The van der Waals surface area contributed by atoms with E-state index in [9.17, 15) is 9.59 Å². The van der Waals surface area contributed by atoms with Crippen molar-refractivity contribution in [3.8, 4) is 5.75 Å². The Bertz CT molecular complexity index is 791. The number of piperidine rings is 1. The predicted molar refractivity (Wildman–Crippen MR) is 102 cm³/mol. The molecule has 1 saturated heterocycles. The monoisotopic (exact) mass is 370 g/mol. The number of rotatable bonds is 6. The van der Waals surface area contributed by atoms with E-state index in [4.69, 9.17) is 9.15 Å². The second-order valence-electron chi connectivity index (χ2n) is 6.87. The number of methoxy groups -OCH3 is 1. The Kier molecular flexibility index (Phi) is 6.16. The number of likely N-dealkylation sites (tertiary alicyclic amines) is 1. The number of amides is 2. The van der Waals surface area contributed by atoms with Crippen LogP contribution in [0.2, 0.25) is 0 Å². The molecule has 1 aliphatic heterocycles. The van der Waals surface area contributed by atoms with E-state index in [-0.39, 0.29) is 17.9 Å². The van der Waals surface area contributed by atoms with Gasteiger partial charge < -0.3 is 19.4 Å². The number of aryl methyl sites for hydroxylation is 2. The summed E-state index contributed by atoms with van der Waals surface area (Å²) in [5.74, 6) is 1.15. The van der Waals surface area contributed by atoms with E-state index in [1.54, 1.807) is 13.2 Å². The van der Waals surface area contributed by atoms with Crippen molar-refractivity contribution in [3.63, 3.8) is 0 Å². The third-order valence-electron chi connectivity index (χ3n) is 5.05. The van der Waals surface area contributed by atoms with Gasteiger partial charge in [-0.15, -0.1) is 0 Å². The summed E-state index contributed by atoms with van der Waals surface area (Å²) >= 11 is 0. The number of benzene rings is 1. The van der Waals surface area contributed by atoms with Crippen LogP contribution in [0.25, 0.3) is 0 Å². The molecule has 1 aliphatic rings. The normalized spacial score (nSPS) is 14.8. The van der Waals surface area contributed by atoms with Gasteiger partial charge in [0.25, 0.3) is 5.91 Å². The molecule has 144 valence electrons. The van der Waals surface area contributed by atoms with Gasteiger partial charge in [-0.2, -0.15) is 0 Å². The largest absolute Gasteiger partial charge is 0.496 e. The summed E-state index contributed by atoms with van der Waals surface area (Å²) in [5, 5.41) is 3.01. The van der Waals surface area contributed by atoms with Gasteiger partial charge in [-0.1, -0.05) is 18.2 Å². The lowest BCUT2D eigenvalue weighted by atomic mass is 10.0. The Morgan fingerprint density at radius 1 is 1.22 bits per heavy atom. The molecule has 0 atom stereocenters. The Morgan fingerprint density at radius 3 is 2.63 bits per heavy atom. The standard InChI is InChI=1S/C21H26N2O4/c1-15-11-14-27-20(15)21(25)22-17-9-12-23(13-10-17)19(24)8-7-16-5-3-4-6-18(16)26-2/h3-6,11,14,17H,7-10,12-13H2,1-2H3,(H,22,25). The summed E-state index contributed by atoms with van der Waals surface area (Å²) in [5.41, 5.74) is 1.88. The molecule has 0 saturated carbocycles. The number of para-hydroxylation sites is 1. The topological polar surface area (TPSA) is 71.8 Å². The van der Waals surface area contributed by atoms with E-state index >= 15 is 0 Å². The van der Waals surface area contributed by atoms with Crippen LogP contribution in [0.1, 0.15) is 40.9 Å². The first-order chi connectivity index (χ1) is 13.1. The maximum absolute atomic E-state index is 12.5. The molecule has 1 aromatic carbocycles. The summed E-state index contributed by atoms with van der Waals surface area (Å²) in [6, 6.07) is 9.63. The van der Waals surface area contributed by atoms with E-state index in [1.165, 1.54) is 6.26 Å². The number of ether oxygens (including phenoxy) is 1. The molecule has 3 rings (SSSR count). The fourth-order valence-corrected chi connectivity index (χ4v) is 3.44. The average Bonchev–Trinajstić information content (AvgIpc) is 3.13. The van der Waals surface area contributed by atoms with Crippen molar-refractivity contribution in [2.24, 2.45) is 0 Å². The molecule has 1 fully saturated rings. The molecule has 2 heterocycles. The number of hydrogen-bond acceptors (Lipinski definition) is 4. The van der Waals surface area contributed by atoms with E-state index in [1.807, 2.05) is 36.1 Å². The molecule has 27 heavy (non-hydrogen) atoms. The summed E-state index contributed by atoms with van der Waals surface area (Å²) in [7, 11) is 1.64. The predicted octanol–water partition coefficient (Wildman–Crippen LogP) is 2.95. The number of nitrogens with one attached hydrogen (secondary N) is 1. The van der Waals surface area contributed by atoms with E-state index < -0.39 is 0 Å². The first-order valence-corrected chi connectivity index (χ1v) is 9.33. The highest BCUT2D eigenvalue weighted by molar-refractivity contribution is 5.93. The maximum Gasteiger partial charge on any atom is 0.287 e. The highest BCUT2D eigenvalue weighted by Gasteiger charge is 2.25. The third kappa shape index (κ3) is 4.70. The number of hydrogen-bond donors (Lipinski definition) is 1. The van der Waals surface area contributed by atoms with Crippen LogP contribution in [0.3, 0.4) is 0 Å². The molecule has 1 aromatic heterocycles. The maximum atomic E-state index is 12.5. The molecule has 6 nitrogen and oxygen atoms in total. The molecular formula is C21H26N2O4. The second-order valence-corrected chi connectivity index (χ2v) is 6.87. The minimum Gasteiger partial charge on any atom is -0.496 e. The van der Waals surface area contributed by atoms with Crippen molar-refractivity contribution in [1.29, 1.82) is 0 Å². The number of carbonyl (C=O) groups excluding carboxylic acids is 2. The van der Waals surface area contributed by atoms with Gasteiger partial charge in [0.15, 0.2) is 5.76 Å². The van der Waals surface area contributed by atoms with Crippen LogP contribution in [0, 0.1) is 6.92 Å². The second kappa shape index (κ2) is 8.75. The Morgan fingerprint density at radius 2 is 1.96 bits per heavy atom. The molecule has 1 N–H and O–H groups in total. The number of carbonyl (C=O) groups is 2. The van der Waals surface area contributed by atoms with E-state index in [0.717, 1.165) is 29.7 Å². The van der Waals surface area contributed by atoms with Gasteiger partial charge in [0, 0.05) is 31.1 Å². The van der Waals surface area contributed by atoms with Crippen LogP contribution >= 0.6 is 0 Å². The van der Waals surface area contributed by atoms with Gasteiger partial charge in [-0.3, -0.25) is 9.59 Å². The van der Waals surface area contributed by atoms with Crippen LogP contribution in [0.4, 0.5) is 0 Å². The molecular weight excluding hydrogens is 344 g/mol. The Labute approximate surface area is 159 Å².